The van der Waals surface area contributed by atoms with Crippen LogP contribution < -0.4 is 24.8 Å². The number of hydrogen-bond acceptors (Lipinski definition) is 5. The molecule has 0 spiro atoms. The van der Waals surface area contributed by atoms with Gasteiger partial charge in [0.1, 0.15) is 12.4 Å². The van der Waals surface area contributed by atoms with Gasteiger partial charge < -0.3 is 24.8 Å². The number of anilines is 2. The van der Waals surface area contributed by atoms with Crippen LogP contribution in [0.4, 0.5) is 11.4 Å². The van der Waals surface area contributed by atoms with Crippen molar-refractivity contribution in [1.29, 1.82) is 0 Å². The fourth-order valence-corrected chi connectivity index (χ4v) is 2.95. The summed E-state index contributed by atoms with van der Waals surface area (Å²) in [4.78, 5) is 24.9. The number of benzene rings is 3. The number of nitrogens with one attached hydrogen (secondary N) is 2. The molecule has 0 aromatic heterocycles. The van der Waals surface area contributed by atoms with Gasteiger partial charge in [0, 0.05) is 16.9 Å². The third-order valence-electron chi connectivity index (χ3n) is 4.56. The van der Waals surface area contributed by atoms with E-state index in [-0.39, 0.29) is 18.4 Å². The molecule has 4 rings (SSSR count). The van der Waals surface area contributed by atoms with E-state index in [2.05, 4.69) is 10.6 Å². The predicted molar refractivity (Wildman–Crippen MR) is 112 cm³/mol. The molecule has 2 amide bonds. The molecule has 1 heterocycles. The van der Waals surface area contributed by atoms with Crippen molar-refractivity contribution in [3.05, 3.63) is 78.4 Å². The Balaban J connectivity index is 1.35. The summed E-state index contributed by atoms with van der Waals surface area (Å²) in [6.45, 7) is 0.130. The van der Waals surface area contributed by atoms with E-state index in [1.165, 1.54) is 0 Å². The molecule has 3 aromatic carbocycles. The Morgan fingerprint density at radius 1 is 0.867 bits per heavy atom. The summed E-state index contributed by atoms with van der Waals surface area (Å²) < 4.78 is 16.4. The fraction of sp³-hybridized carbons (Fsp3) is 0.130. The molecule has 1 aliphatic heterocycles. The summed E-state index contributed by atoms with van der Waals surface area (Å²) in [5.41, 5.74) is 1.69. The lowest BCUT2D eigenvalue weighted by Gasteiger charge is -2.25. The molecule has 0 fully saturated rings. The smallest absolute Gasteiger partial charge is 0.269 e. The average molecular weight is 404 g/mol. The number of carbonyl (C=O) groups is 2. The Kier molecular flexibility index (Phi) is 5.52. The molecular formula is C23H20N2O5. The number of carbonyl (C=O) groups excluding carboxylic acids is 2. The van der Waals surface area contributed by atoms with Crippen LogP contribution >= 0.6 is 0 Å². The van der Waals surface area contributed by atoms with E-state index in [0.717, 1.165) is 0 Å². The van der Waals surface area contributed by atoms with Crippen molar-refractivity contribution in [2.24, 2.45) is 0 Å². The van der Waals surface area contributed by atoms with Crippen LogP contribution in [0.15, 0.2) is 72.8 Å². The van der Waals surface area contributed by atoms with Crippen LogP contribution in [0.3, 0.4) is 0 Å². The van der Waals surface area contributed by atoms with E-state index in [1.54, 1.807) is 67.8 Å². The fourth-order valence-electron chi connectivity index (χ4n) is 2.95. The van der Waals surface area contributed by atoms with Gasteiger partial charge in [-0.1, -0.05) is 12.1 Å². The molecule has 0 radical (unpaired) electrons. The number of ether oxygens (including phenoxy) is 3. The van der Waals surface area contributed by atoms with E-state index in [1.807, 2.05) is 12.1 Å². The predicted octanol–water partition coefficient (Wildman–Crippen LogP) is 3.73. The number of fused-ring (bicyclic) bond motifs is 1. The maximum absolute atomic E-state index is 12.5. The van der Waals surface area contributed by atoms with Crippen LogP contribution in [-0.4, -0.2) is 31.6 Å². The summed E-state index contributed by atoms with van der Waals surface area (Å²) in [7, 11) is 1.58. The minimum absolute atomic E-state index is 0.130. The number of methoxy groups -OCH3 is 1. The van der Waals surface area contributed by atoms with Crippen molar-refractivity contribution in [1.82, 2.24) is 0 Å². The molecule has 1 aliphatic rings. The Morgan fingerprint density at radius 2 is 1.50 bits per heavy atom. The summed E-state index contributed by atoms with van der Waals surface area (Å²) >= 11 is 0. The van der Waals surface area contributed by atoms with E-state index < -0.39 is 6.10 Å². The molecule has 0 bridgehead atoms. The van der Waals surface area contributed by atoms with Gasteiger partial charge >= 0.3 is 0 Å². The molecule has 0 saturated carbocycles. The number of para-hydroxylation sites is 2. The van der Waals surface area contributed by atoms with Gasteiger partial charge in [-0.05, 0) is 60.7 Å². The molecule has 0 aliphatic carbocycles. The Hall–Kier alpha value is -4.00. The zero-order valence-electron chi connectivity index (χ0n) is 16.3. The minimum Gasteiger partial charge on any atom is -0.497 e. The molecule has 1 atom stereocenters. The van der Waals surface area contributed by atoms with Crippen LogP contribution in [0.2, 0.25) is 0 Å². The zero-order valence-corrected chi connectivity index (χ0v) is 16.3. The van der Waals surface area contributed by atoms with Crippen molar-refractivity contribution >= 4 is 23.2 Å². The first-order valence-corrected chi connectivity index (χ1v) is 9.37. The second kappa shape index (κ2) is 8.57. The van der Waals surface area contributed by atoms with E-state index >= 15 is 0 Å². The highest BCUT2D eigenvalue weighted by Crippen LogP contribution is 2.31. The van der Waals surface area contributed by atoms with Crippen LogP contribution in [-0.2, 0) is 4.79 Å². The van der Waals surface area contributed by atoms with E-state index in [9.17, 15) is 9.59 Å². The lowest BCUT2D eigenvalue weighted by Crippen LogP contribution is -2.40. The van der Waals surface area contributed by atoms with Gasteiger partial charge in [0.15, 0.2) is 11.5 Å². The van der Waals surface area contributed by atoms with Gasteiger partial charge in [-0.25, -0.2) is 0 Å². The lowest BCUT2D eigenvalue weighted by atomic mass is 10.1. The van der Waals surface area contributed by atoms with E-state index in [0.29, 0.717) is 34.2 Å². The van der Waals surface area contributed by atoms with Crippen molar-refractivity contribution in [2.45, 2.75) is 6.10 Å². The second-order valence-corrected chi connectivity index (χ2v) is 6.61. The van der Waals surface area contributed by atoms with Gasteiger partial charge in [-0.15, -0.1) is 0 Å². The molecule has 0 unspecified atom stereocenters. The average Bonchev–Trinajstić information content (AvgIpc) is 2.79. The Labute approximate surface area is 173 Å². The molecule has 152 valence electrons. The zero-order chi connectivity index (χ0) is 20.9. The van der Waals surface area contributed by atoms with Crippen molar-refractivity contribution < 1.29 is 23.8 Å². The van der Waals surface area contributed by atoms with Crippen molar-refractivity contribution in [2.75, 3.05) is 24.4 Å². The summed E-state index contributed by atoms with van der Waals surface area (Å²) in [6.07, 6.45) is -0.752. The van der Waals surface area contributed by atoms with Crippen LogP contribution in [0.1, 0.15) is 10.4 Å². The monoisotopic (exact) mass is 404 g/mol. The van der Waals surface area contributed by atoms with Gasteiger partial charge in [0.2, 0.25) is 6.10 Å². The largest absolute Gasteiger partial charge is 0.497 e. The SMILES string of the molecule is COc1ccc(NC(=O)c2ccc(NC(=O)[C@H]3COc4ccccc4O3)cc2)cc1. The molecule has 30 heavy (non-hydrogen) atoms. The molecule has 2 N–H and O–H groups in total. The highest BCUT2D eigenvalue weighted by atomic mass is 16.6. The van der Waals surface area contributed by atoms with Crippen molar-refractivity contribution in [3.8, 4) is 17.2 Å². The van der Waals surface area contributed by atoms with Gasteiger partial charge in [0.05, 0.1) is 7.11 Å². The number of hydrogen-bond donors (Lipinski definition) is 2. The maximum Gasteiger partial charge on any atom is 0.269 e. The van der Waals surface area contributed by atoms with Crippen LogP contribution in [0.5, 0.6) is 17.2 Å². The molecule has 0 saturated heterocycles. The van der Waals surface area contributed by atoms with Crippen LogP contribution in [0, 0.1) is 0 Å². The molecule has 7 heteroatoms. The first-order chi connectivity index (χ1) is 14.6. The van der Waals surface area contributed by atoms with E-state index in [4.69, 9.17) is 14.2 Å². The normalized spacial score (nSPS) is 14.5. The molecular weight excluding hydrogens is 384 g/mol. The Bertz CT molecular complexity index is 1050. The first kappa shape index (κ1) is 19.3. The topological polar surface area (TPSA) is 85.9 Å². The summed E-state index contributed by atoms with van der Waals surface area (Å²) in [5.74, 6) is 1.30. The first-order valence-electron chi connectivity index (χ1n) is 9.37. The third kappa shape index (κ3) is 4.35. The van der Waals surface area contributed by atoms with Gasteiger partial charge in [-0.2, -0.15) is 0 Å². The Morgan fingerprint density at radius 3 is 2.20 bits per heavy atom. The lowest BCUT2D eigenvalue weighted by molar-refractivity contribution is -0.125. The van der Waals surface area contributed by atoms with Crippen LogP contribution in [0.25, 0.3) is 0 Å². The maximum atomic E-state index is 12.5. The quantitative estimate of drug-likeness (QED) is 0.677. The number of rotatable bonds is 5. The summed E-state index contributed by atoms with van der Waals surface area (Å²) in [6, 6.07) is 20.9. The highest BCUT2D eigenvalue weighted by Gasteiger charge is 2.27. The minimum atomic E-state index is -0.752. The molecule has 3 aromatic rings. The standard InChI is InChI=1S/C23H20N2O5/c1-28-18-12-10-17(11-13-18)24-22(26)15-6-8-16(9-7-15)25-23(27)21-14-29-19-4-2-3-5-20(19)30-21/h2-13,21H,14H2,1H3,(H,24,26)(H,25,27)/t21-/m1/s1. The van der Waals surface area contributed by atoms with Gasteiger partial charge in [0.25, 0.3) is 11.8 Å². The highest BCUT2D eigenvalue weighted by molar-refractivity contribution is 6.04. The van der Waals surface area contributed by atoms with Crippen molar-refractivity contribution in [3.63, 3.8) is 0 Å². The summed E-state index contributed by atoms with van der Waals surface area (Å²) in [5, 5.41) is 5.59. The van der Waals surface area contributed by atoms with Gasteiger partial charge in [-0.3, -0.25) is 9.59 Å². The number of amides is 2. The third-order valence-corrected chi connectivity index (χ3v) is 4.56. The second-order valence-electron chi connectivity index (χ2n) is 6.61. The molecule has 7 nitrogen and oxygen atoms in total.